The second-order valence-electron chi connectivity index (χ2n) is 5.28. The number of nitrogens with zero attached hydrogens (tertiary/aromatic N) is 2. The van der Waals surface area contributed by atoms with Crippen LogP contribution in [0.2, 0.25) is 0 Å². The SMILES string of the molecule is N#CC1CC(F)CN1C(=O)CCc1csc2ccccc12. The highest BCUT2D eigenvalue weighted by molar-refractivity contribution is 7.17. The van der Waals surface area contributed by atoms with Crippen LogP contribution in [0.1, 0.15) is 18.4 Å². The molecule has 0 spiro atoms. The van der Waals surface area contributed by atoms with Crippen LogP contribution in [0, 0.1) is 11.3 Å². The third-order valence-corrected chi connectivity index (χ3v) is 4.90. The minimum absolute atomic E-state index is 0.0570. The summed E-state index contributed by atoms with van der Waals surface area (Å²) < 4.78 is 14.6. The van der Waals surface area contributed by atoms with E-state index in [2.05, 4.69) is 17.5 Å². The van der Waals surface area contributed by atoms with E-state index in [-0.39, 0.29) is 18.9 Å². The van der Waals surface area contributed by atoms with Crippen molar-refractivity contribution in [3.8, 4) is 6.07 Å². The van der Waals surface area contributed by atoms with Crippen molar-refractivity contribution in [3.05, 3.63) is 35.2 Å². The van der Waals surface area contributed by atoms with Crippen molar-refractivity contribution >= 4 is 27.3 Å². The highest BCUT2D eigenvalue weighted by Gasteiger charge is 2.34. The van der Waals surface area contributed by atoms with Gasteiger partial charge in [0.1, 0.15) is 12.2 Å². The summed E-state index contributed by atoms with van der Waals surface area (Å²) in [6, 6.07) is 9.51. The molecule has 5 heteroatoms. The number of rotatable bonds is 3. The summed E-state index contributed by atoms with van der Waals surface area (Å²) in [6.45, 7) is 0.0570. The number of amides is 1. The molecule has 1 saturated heterocycles. The van der Waals surface area contributed by atoms with Gasteiger partial charge in [0, 0.05) is 17.5 Å². The lowest BCUT2D eigenvalue weighted by molar-refractivity contribution is -0.131. The molecule has 2 aromatic rings. The summed E-state index contributed by atoms with van der Waals surface area (Å²) >= 11 is 1.67. The number of fused-ring (bicyclic) bond motifs is 1. The Morgan fingerprint density at radius 2 is 2.29 bits per heavy atom. The minimum Gasteiger partial charge on any atom is -0.324 e. The van der Waals surface area contributed by atoms with E-state index in [4.69, 9.17) is 5.26 Å². The first-order valence-electron chi connectivity index (χ1n) is 6.97. The van der Waals surface area contributed by atoms with Gasteiger partial charge < -0.3 is 4.90 Å². The number of halogens is 1. The third-order valence-electron chi connectivity index (χ3n) is 3.89. The standard InChI is InChI=1S/C16H15FN2OS/c17-12-7-13(8-18)19(9-12)16(20)6-5-11-10-21-15-4-2-1-3-14(11)15/h1-4,10,12-13H,5-7,9H2. The van der Waals surface area contributed by atoms with Gasteiger partial charge in [-0.3, -0.25) is 4.79 Å². The fourth-order valence-corrected chi connectivity index (χ4v) is 3.79. The lowest BCUT2D eigenvalue weighted by Crippen LogP contribution is -2.35. The Bertz CT molecular complexity index is 706. The Balaban J connectivity index is 1.68. The average Bonchev–Trinajstić information content (AvgIpc) is 3.08. The molecular formula is C16H15FN2OS. The summed E-state index contributed by atoms with van der Waals surface area (Å²) in [5.41, 5.74) is 1.15. The largest absolute Gasteiger partial charge is 0.324 e. The monoisotopic (exact) mass is 302 g/mol. The molecule has 0 radical (unpaired) electrons. The summed E-state index contributed by atoms with van der Waals surface area (Å²) in [7, 11) is 0. The van der Waals surface area contributed by atoms with E-state index >= 15 is 0 Å². The minimum atomic E-state index is -1.07. The number of alkyl halides is 1. The van der Waals surface area contributed by atoms with E-state index in [9.17, 15) is 9.18 Å². The van der Waals surface area contributed by atoms with Gasteiger partial charge in [-0.2, -0.15) is 5.26 Å². The first-order valence-corrected chi connectivity index (χ1v) is 7.85. The fraction of sp³-hybridized carbons (Fsp3) is 0.375. The molecule has 2 atom stereocenters. The quantitative estimate of drug-likeness (QED) is 0.873. The van der Waals surface area contributed by atoms with Gasteiger partial charge in [-0.1, -0.05) is 18.2 Å². The first-order chi connectivity index (χ1) is 10.2. The van der Waals surface area contributed by atoms with E-state index in [0.717, 1.165) is 5.56 Å². The Labute approximate surface area is 126 Å². The number of nitriles is 1. The topological polar surface area (TPSA) is 44.1 Å². The van der Waals surface area contributed by atoms with Crippen LogP contribution in [0.5, 0.6) is 0 Å². The molecule has 1 amide bonds. The Morgan fingerprint density at radius 1 is 1.48 bits per heavy atom. The molecule has 2 unspecified atom stereocenters. The van der Waals surface area contributed by atoms with Gasteiger partial charge in [0.25, 0.3) is 0 Å². The average molecular weight is 302 g/mol. The van der Waals surface area contributed by atoms with Crippen LogP contribution in [0.25, 0.3) is 10.1 Å². The maximum atomic E-state index is 13.3. The van der Waals surface area contributed by atoms with Crippen molar-refractivity contribution in [2.75, 3.05) is 6.54 Å². The second-order valence-corrected chi connectivity index (χ2v) is 6.19. The fourth-order valence-electron chi connectivity index (χ4n) is 2.79. The molecule has 21 heavy (non-hydrogen) atoms. The van der Waals surface area contributed by atoms with Crippen molar-refractivity contribution in [1.82, 2.24) is 4.90 Å². The summed E-state index contributed by atoms with van der Waals surface area (Å²) in [5.74, 6) is -0.128. The maximum absolute atomic E-state index is 13.3. The molecule has 108 valence electrons. The van der Waals surface area contributed by atoms with E-state index in [1.807, 2.05) is 18.2 Å². The van der Waals surface area contributed by atoms with Gasteiger partial charge in [-0.05, 0) is 28.8 Å². The lowest BCUT2D eigenvalue weighted by atomic mass is 10.1. The second kappa shape index (κ2) is 5.82. The molecule has 1 aromatic carbocycles. The maximum Gasteiger partial charge on any atom is 0.224 e. The molecule has 0 saturated carbocycles. The molecule has 0 aliphatic carbocycles. The predicted octanol–water partition coefficient (Wildman–Crippen LogP) is 3.30. The predicted molar refractivity (Wildman–Crippen MR) is 80.8 cm³/mol. The van der Waals surface area contributed by atoms with Gasteiger partial charge in [-0.25, -0.2) is 4.39 Å². The Hall–Kier alpha value is -1.93. The Kier molecular flexibility index (Phi) is 3.89. The number of likely N-dealkylation sites (tertiary alicyclic amines) is 1. The zero-order valence-corrected chi connectivity index (χ0v) is 12.3. The van der Waals surface area contributed by atoms with Gasteiger partial charge in [0.15, 0.2) is 0 Å². The Morgan fingerprint density at radius 3 is 3.10 bits per heavy atom. The van der Waals surface area contributed by atoms with Gasteiger partial charge in [0.05, 0.1) is 12.6 Å². The first kappa shape index (κ1) is 14.0. The van der Waals surface area contributed by atoms with E-state index in [0.29, 0.717) is 12.8 Å². The van der Waals surface area contributed by atoms with Crippen LogP contribution < -0.4 is 0 Å². The molecule has 0 N–H and O–H groups in total. The number of aryl methyl sites for hydroxylation is 1. The number of hydrogen-bond acceptors (Lipinski definition) is 3. The van der Waals surface area contributed by atoms with Gasteiger partial charge >= 0.3 is 0 Å². The van der Waals surface area contributed by atoms with E-state index in [1.165, 1.54) is 15.0 Å². The molecule has 2 heterocycles. The van der Waals surface area contributed by atoms with Crippen LogP contribution >= 0.6 is 11.3 Å². The molecule has 0 bridgehead atoms. The summed E-state index contributed by atoms with van der Waals surface area (Å²) in [6.07, 6.45) is 0.0320. The molecular weight excluding hydrogens is 287 g/mol. The normalized spacial score (nSPS) is 21.6. The molecule has 3 nitrogen and oxygen atoms in total. The molecule has 1 aliphatic rings. The number of carbonyl (C=O) groups is 1. The zero-order chi connectivity index (χ0) is 14.8. The molecule has 1 aromatic heterocycles. The number of carbonyl (C=O) groups excluding carboxylic acids is 1. The van der Waals surface area contributed by atoms with Gasteiger partial charge in [0.2, 0.25) is 5.91 Å². The van der Waals surface area contributed by atoms with E-state index in [1.54, 1.807) is 11.3 Å². The third kappa shape index (κ3) is 2.77. The molecule has 3 rings (SSSR count). The van der Waals surface area contributed by atoms with Crippen molar-refractivity contribution in [3.63, 3.8) is 0 Å². The van der Waals surface area contributed by atoms with Crippen LogP contribution in [-0.4, -0.2) is 29.6 Å². The van der Waals surface area contributed by atoms with Gasteiger partial charge in [-0.15, -0.1) is 11.3 Å². The number of hydrogen-bond donors (Lipinski definition) is 0. The van der Waals surface area contributed by atoms with Crippen molar-refractivity contribution < 1.29 is 9.18 Å². The highest BCUT2D eigenvalue weighted by Crippen LogP contribution is 2.27. The van der Waals surface area contributed by atoms with Crippen LogP contribution in [0.15, 0.2) is 29.6 Å². The van der Waals surface area contributed by atoms with E-state index < -0.39 is 12.2 Å². The highest BCUT2D eigenvalue weighted by atomic mass is 32.1. The summed E-state index contributed by atoms with van der Waals surface area (Å²) in [4.78, 5) is 13.6. The van der Waals surface area contributed by atoms with Crippen molar-refractivity contribution in [1.29, 1.82) is 5.26 Å². The number of benzene rings is 1. The lowest BCUT2D eigenvalue weighted by Gasteiger charge is -2.18. The number of thiophene rings is 1. The van der Waals surface area contributed by atoms with Crippen molar-refractivity contribution in [2.24, 2.45) is 0 Å². The summed E-state index contributed by atoms with van der Waals surface area (Å²) in [5, 5.41) is 12.2. The van der Waals surface area contributed by atoms with Crippen LogP contribution in [0.4, 0.5) is 4.39 Å². The smallest absolute Gasteiger partial charge is 0.224 e. The van der Waals surface area contributed by atoms with Crippen LogP contribution in [-0.2, 0) is 11.2 Å². The molecule has 1 aliphatic heterocycles. The molecule has 1 fully saturated rings. The van der Waals surface area contributed by atoms with Crippen LogP contribution in [0.3, 0.4) is 0 Å². The van der Waals surface area contributed by atoms with Crippen molar-refractivity contribution in [2.45, 2.75) is 31.5 Å². The zero-order valence-electron chi connectivity index (χ0n) is 11.5.